The third-order valence-corrected chi connectivity index (χ3v) is 7.55. The van der Waals surface area contributed by atoms with E-state index in [1.807, 2.05) is 18.2 Å². The summed E-state index contributed by atoms with van der Waals surface area (Å²) in [5.74, 6) is 2.87. The molecule has 2 heterocycles. The molecule has 0 aliphatic carbocycles. The highest BCUT2D eigenvalue weighted by molar-refractivity contribution is 6.10. The predicted octanol–water partition coefficient (Wildman–Crippen LogP) is 6.76. The zero-order valence-electron chi connectivity index (χ0n) is 22.5. The first kappa shape index (κ1) is 25.3. The van der Waals surface area contributed by atoms with Crippen molar-refractivity contribution in [3.63, 3.8) is 0 Å². The van der Waals surface area contributed by atoms with Crippen molar-refractivity contribution in [1.29, 1.82) is 5.26 Å². The first-order valence-corrected chi connectivity index (χ1v) is 13.7. The fourth-order valence-electron chi connectivity index (χ4n) is 5.54. The molecule has 1 atom stereocenters. The average molecular weight is 495 g/mol. The van der Waals surface area contributed by atoms with Crippen molar-refractivity contribution in [3.05, 3.63) is 82.4 Å². The Morgan fingerprint density at radius 1 is 1.00 bits per heavy atom. The van der Waals surface area contributed by atoms with Gasteiger partial charge in [0, 0.05) is 30.8 Å². The summed E-state index contributed by atoms with van der Waals surface area (Å²) in [6.07, 6.45) is 3.15. The Balaban J connectivity index is 1.30. The summed E-state index contributed by atoms with van der Waals surface area (Å²) in [4.78, 5) is 8.37. The summed E-state index contributed by atoms with van der Waals surface area (Å²) in [6.45, 7) is 12.3. The molecule has 0 spiro atoms. The zero-order valence-corrected chi connectivity index (χ0v) is 22.5. The fourth-order valence-corrected chi connectivity index (χ4v) is 5.54. The molecule has 5 rings (SSSR count). The molecule has 1 fully saturated rings. The van der Waals surface area contributed by atoms with Crippen molar-refractivity contribution < 1.29 is 4.84 Å². The molecule has 192 valence electrons. The fraction of sp³-hybridized carbons (Fsp3) is 0.438. The standard InChI is InChI=1S/C32H38N4O/c1-21(2)9-10-23-18-36(19-23)20-26-13-14-30(29-8-6-5-7-28(26)29)31-34-32(37-35-31)25-12-11-24(15-22(3)4)27(16-25)17-33/h5-8,11-14,16,21-23,32H,9-10,15,18-20H2,1-4H3,(H,34,35). The summed E-state index contributed by atoms with van der Waals surface area (Å²) >= 11 is 0. The van der Waals surface area contributed by atoms with E-state index in [4.69, 9.17) is 4.84 Å². The SMILES string of the molecule is CC(C)CCC1CN(Cc2ccc(C3=NOC(c4ccc(CC(C)C)c(C#N)c4)N3)c3ccccc23)C1. The largest absolute Gasteiger partial charge is 0.364 e. The maximum atomic E-state index is 9.68. The van der Waals surface area contributed by atoms with E-state index in [9.17, 15) is 5.26 Å². The first-order valence-electron chi connectivity index (χ1n) is 13.7. The zero-order chi connectivity index (χ0) is 25.9. The second-order valence-electron chi connectivity index (χ2n) is 11.5. The first-order chi connectivity index (χ1) is 17.9. The van der Waals surface area contributed by atoms with E-state index in [1.165, 1.54) is 42.3 Å². The molecular formula is C32H38N4O. The molecular weight excluding hydrogens is 456 g/mol. The molecule has 0 amide bonds. The van der Waals surface area contributed by atoms with E-state index in [-0.39, 0.29) is 0 Å². The van der Waals surface area contributed by atoms with Crippen molar-refractivity contribution in [2.45, 2.75) is 59.7 Å². The minimum absolute atomic E-state index is 0.405. The highest BCUT2D eigenvalue weighted by atomic mass is 16.7. The van der Waals surface area contributed by atoms with Gasteiger partial charge in [0.05, 0.1) is 11.6 Å². The lowest BCUT2D eigenvalue weighted by Crippen LogP contribution is -2.45. The predicted molar refractivity (Wildman–Crippen MR) is 150 cm³/mol. The highest BCUT2D eigenvalue weighted by Crippen LogP contribution is 2.31. The lowest BCUT2D eigenvalue weighted by molar-refractivity contribution is 0.0729. The van der Waals surface area contributed by atoms with E-state index in [0.717, 1.165) is 47.3 Å². The van der Waals surface area contributed by atoms with Gasteiger partial charge < -0.3 is 10.2 Å². The van der Waals surface area contributed by atoms with Crippen LogP contribution in [0.2, 0.25) is 0 Å². The molecule has 3 aromatic rings. The summed E-state index contributed by atoms with van der Waals surface area (Å²) in [6, 6.07) is 21.4. The summed E-state index contributed by atoms with van der Waals surface area (Å²) in [5.41, 5.74) is 5.09. The van der Waals surface area contributed by atoms with Gasteiger partial charge in [-0.05, 0) is 58.6 Å². The lowest BCUT2D eigenvalue weighted by atomic mass is 9.90. The number of hydrogen-bond donors (Lipinski definition) is 1. The van der Waals surface area contributed by atoms with E-state index in [0.29, 0.717) is 11.5 Å². The number of amidine groups is 1. The molecule has 1 N–H and O–H groups in total. The van der Waals surface area contributed by atoms with Gasteiger partial charge in [0.15, 0.2) is 5.84 Å². The van der Waals surface area contributed by atoms with Gasteiger partial charge >= 0.3 is 0 Å². The second kappa shape index (κ2) is 10.9. The molecule has 2 aliphatic rings. The van der Waals surface area contributed by atoms with Crippen LogP contribution in [0.15, 0.2) is 59.8 Å². The Kier molecular flexibility index (Phi) is 7.48. The van der Waals surface area contributed by atoms with Crippen LogP contribution < -0.4 is 5.32 Å². The van der Waals surface area contributed by atoms with Gasteiger partial charge in [0.2, 0.25) is 6.23 Å². The molecule has 1 unspecified atom stereocenters. The number of nitriles is 1. The van der Waals surface area contributed by atoms with Gasteiger partial charge in [0.1, 0.15) is 0 Å². The number of oxime groups is 1. The Labute approximate surface area is 221 Å². The van der Waals surface area contributed by atoms with Crippen LogP contribution in [0.4, 0.5) is 0 Å². The molecule has 37 heavy (non-hydrogen) atoms. The number of rotatable bonds is 9. The minimum atomic E-state index is -0.405. The van der Waals surface area contributed by atoms with Crippen LogP contribution in [0.3, 0.4) is 0 Å². The van der Waals surface area contributed by atoms with Gasteiger partial charge in [0.25, 0.3) is 0 Å². The molecule has 5 heteroatoms. The minimum Gasteiger partial charge on any atom is -0.364 e. The van der Waals surface area contributed by atoms with Crippen molar-refractivity contribution in [3.8, 4) is 6.07 Å². The summed E-state index contributed by atoms with van der Waals surface area (Å²) < 4.78 is 0. The molecule has 0 bridgehead atoms. The number of hydrogen-bond acceptors (Lipinski definition) is 5. The topological polar surface area (TPSA) is 60.6 Å². The van der Waals surface area contributed by atoms with Crippen LogP contribution in [0, 0.1) is 29.1 Å². The quantitative estimate of drug-likeness (QED) is 0.357. The smallest absolute Gasteiger partial charge is 0.224 e. The number of nitrogens with zero attached hydrogens (tertiary/aromatic N) is 3. The van der Waals surface area contributed by atoms with E-state index in [2.05, 4.69) is 85.5 Å². The number of benzene rings is 3. The molecule has 0 saturated carbocycles. The Hall–Kier alpha value is -3.36. The van der Waals surface area contributed by atoms with E-state index >= 15 is 0 Å². The second-order valence-corrected chi connectivity index (χ2v) is 11.5. The van der Waals surface area contributed by atoms with Crippen LogP contribution >= 0.6 is 0 Å². The number of likely N-dealkylation sites (tertiary alicyclic amines) is 1. The van der Waals surface area contributed by atoms with Crippen LogP contribution in [0.5, 0.6) is 0 Å². The van der Waals surface area contributed by atoms with Gasteiger partial charge in [-0.25, -0.2) is 0 Å². The van der Waals surface area contributed by atoms with E-state index in [1.54, 1.807) is 0 Å². The van der Waals surface area contributed by atoms with Crippen LogP contribution in [0.25, 0.3) is 10.8 Å². The molecule has 5 nitrogen and oxygen atoms in total. The maximum absolute atomic E-state index is 9.68. The lowest BCUT2D eigenvalue weighted by Gasteiger charge is -2.40. The van der Waals surface area contributed by atoms with Crippen molar-refractivity contribution in [1.82, 2.24) is 10.2 Å². The number of fused-ring (bicyclic) bond motifs is 1. The van der Waals surface area contributed by atoms with Crippen molar-refractivity contribution in [2.24, 2.45) is 22.9 Å². The van der Waals surface area contributed by atoms with Crippen LogP contribution in [-0.2, 0) is 17.8 Å². The summed E-state index contributed by atoms with van der Waals surface area (Å²) in [7, 11) is 0. The van der Waals surface area contributed by atoms with Crippen LogP contribution in [-0.4, -0.2) is 23.8 Å². The van der Waals surface area contributed by atoms with Crippen LogP contribution in [0.1, 0.15) is 74.6 Å². The summed E-state index contributed by atoms with van der Waals surface area (Å²) in [5, 5.41) is 20.0. The monoisotopic (exact) mass is 494 g/mol. The van der Waals surface area contributed by atoms with E-state index < -0.39 is 6.23 Å². The highest BCUT2D eigenvalue weighted by Gasteiger charge is 2.28. The van der Waals surface area contributed by atoms with Gasteiger partial charge in [-0.3, -0.25) is 4.90 Å². The molecule has 3 aromatic carbocycles. The van der Waals surface area contributed by atoms with Crippen molar-refractivity contribution >= 4 is 16.6 Å². The molecule has 2 aliphatic heterocycles. The molecule has 0 aromatic heterocycles. The average Bonchev–Trinajstić information content (AvgIpc) is 3.35. The van der Waals surface area contributed by atoms with Gasteiger partial charge in [-0.2, -0.15) is 5.26 Å². The Bertz CT molecular complexity index is 1330. The van der Waals surface area contributed by atoms with Crippen molar-refractivity contribution in [2.75, 3.05) is 13.1 Å². The Morgan fingerprint density at radius 3 is 2.49 bits per heavy atom. The molecule has 0 radical (unpaired) electrons. The third kappa shape index (κ3) is 5.65. The molecule has 1 saturated heterocycles. The Morgan fingerprint density at radius 2 is 1.76 bits per heavy atom. The van der Waals surface area contributed by atoms with Gasteiger partial charge in [-0.1, -0.05) is 87.8 Å². The normalized spacial score (nSPS) is 18.0. The van der Waals surface area contributed by atoms with Gasteiger partial charge in [-0.15, -0.1) is 0 Å². The number of nitrogens with one attached hydrogen (secondary N) is 1. The maximum Gasteiger partial charge on any atom is 0.224 e. The third-order valence-electron chi connectivity index (χ3n) is 7.55.